The van der Waals surface area contributed by atoms with Crippen LogP contribution in [0.3, 0.4) is 0 Å². The van der Waals surface area contributed by atoms with Crippen LogP contribution >= 0.6 is 0 Å². The molecule has 0 radical (unpaired) electrons. The van der Waals surface area contributed by atoms with Crippen LogP contribution in [0.25, 0.3) is 11.1 Å². The Morgan fingerprint density at radius 3 is 2.94 bits per heavy atom. The van der Waals surface area contributed by atoms with E-state index in [1.165, 1.54) is 4.57 Å². The molecule has 2 heterocycles. The van der Waals surface area contributed by atoms with Gasteiger partial charge in [-0.3, -0.25) is 4.57 Å². The van der Waals surface area contributed by atoms with E-state index in [9.17, 15) is 4.79 Å². The molecule has 0 fully saturated rings. The summed E-state index contributed by atoms with van der Waals surface area (Å²) in [6.07, 6.45) is 0. The van der Waals surface area contributed by atoms with Crippen LogP contribution in [0.1, 0.15) is 11.5 Å². The lowest BCUT2D eigenvalue weighted by molar-refractivity contribution is 0.369. The zero-order valence-electron chi connectivity index (χ0n) is 9.21. The monoisotopic (exact) mass is 230 g/mol. The smallest absolute Gasteiger partial charge is 0.408 e. The van der Waals surface area contributed by atoms with Gasteiger partial charge in [-0.15, -0.1) is 0 Å². The molecule has 5 nitrogen and oxygen atoms in total. The first-order chi connectivity index (χ1) is 8.24. The number of aryl methyl sites for hydroxylation is 1. The molecule has 5 heteroatoms. The molecule has 0 spiro atoms. The Balaban J connectivity index is 2.11. The van der Waals surface area contributed by atoms with Crippen LogP contribution in [-0.4, -0.2) is 9.72 Å². The van der Waals surface area contributed by atoms with Crippen molar-refractivity contribution in [3.8, 4) is 0 Å². The molecular formula is C12H10N2O3. The van der Waals surface area contributed by atoms with Crippen molar-refractivity contribution >= 4 is 11.1 Å². The van der Waals surface area contributed by atoms with Crippen LogP contribution in [0.4, 0.5) is 0 Å². The summed E-state index contributed by atoms with van der Waals surface area (Å²) < 4.78 is 11.7. The Kier molecular flexibility index (Phi) is 2.11. The van der Waals surface area contributed by atoms with Crippen molar-refractivity contribution in [3.05, 3.63) is 52.3 Å². The highest BCUT2D eigenvalue weighted by molar-refractivity contribution is 5.72. The van der Waals surface area contributed by atoms with Gasteiger partial charge in [0, 0.05) is 6.07 Å². The predicted octanol–water partition coefficient (Wildman–Crippen LogP) is 1.94. The molecule has 0 N–H and O–H groups in total. The number of oxazole rings is 1. The Labute approximate surface area is 96.3 Å². The molecule has 0 saturated carbocycles. The van der Waals surface area contributed by atoms with E-state index < -0.39 is 0 Å². The van der Waals surface area contributed by atoms with Crippen LogP contribution in [0, 0.1) is 6.92 Å². The molecule has 0 amide bonds. The molecule has 1 aromatic carbocycles. The third kappa shape index (κ3) is 1.65. The fraction of sp³-hybridized carbons (Fsp3) is 0.167. The summed E-state index contributed by atoms with van der Waals surface area (Å²) in [6, 6.07) is 9.09. The molecule has 0 atom stereocenters. The molecule has 0 aliphatic heterocycles. The largest absolute Gasteiger partial charge is 0.420 e. The molecule has 3 aromatic rings. The zero-order valence-corrected chi connectivity index (χ0v) is 9.21. The molecule has 17 heavy (non-hydrogen) atoms. The van der Waals surface area contributed by atoms with Gasteiger partial charge in [0.05, 0.1) is 17.8 Å². The summed E-state index contributed by atoms with van der Waals surface area (Å²) in [5, 5.41) is 3.79. The van der Waals surface area contributed by atoms with Gasteiger partial charge in [-0.05, 0) is 19.1 Å². The first-order valence-electron chi connectivity index (χ1n) is 5.24. The van der Waals surface area contributed by atoms with Crippen LogP contribution in [0.2, 0.25) is 0 Å². The highest BCUT2D eigenvalue weighted by Crippen LogP contribution is 2.13. The number of nitrogens with zero attached hydrogens (tertiary/aromatic N) is 2. The maximum absolute atomic E-state index is 11.7. The van der Waals surface area contributed by atoms with Gasteiger partial charge in [0.2, 0.25) is 0 Å². The van der Waals surface area contributed by atoms with E-state index in [0.29, 0.717) is 17.9 Å². The SMILES string of the molecule is Cc1cc(Cn2c(=O)oc3ccccc32)on1. The number of para-hydroxylation sites is 2. The first kappa shape index (κ1) is 9.89. The number of rotatable bonds is 2. The fourth-order valence-electron chi connectivity index (χ4n) is 1.81. The summed E-state index contributed by atoms with van der Waals surface area (Å²) in [5.74, 6) is 0.247. The van der Waals surface area contributed by atoms with E-state index >= 15 is 0 Å². The normalized spacial score (nSPS) is 11.1. The molecule has 3 rings (SSSR count). The topological polar surface area (TPSA) is 61.2 Å². The molecule has 2 aromatic heterocycles. The van der Waals surface area contributed by atoms with Crippen LogP contribution < -0.4 is 5.76 Å². The summed E-state index contributed by atoms with van der Waals surface area (Å²) in [7, 11) is 0. The van der Waals surface area contributed by atoms with Crippen LogP contribution in [-0.2, 0) is 6.54 Å². The van der Waals surface area contributed by atoms with E-state index in [-0.39, 0.29) is 5.76 Å². The zero-order chi connectivity index (χ0) is 11.8. The molecule has 0 saturated heterocycles. The first-order valence-corrected chi connectivity index (χ1v) is 5.24. The number of fused-ring (bicyclic) bond motifs is 1. The van der Waals surface area contributed by atoms with E-state index in [2.05, 4.69) is 5.16 Å². The molecular weight excluding hydrogens is 220 g/mol. The van der Waals surface area contributed by atoms with Crippen LogP contribution in [0.15, 0.2) is 44.1 Å². The summed E-state index contributed by atoms with van der Waals surface area (Å²) in [6.45, 7) is 2.17. The third-order valence-electron chi connectivity index (χ3n) is 2.56. The van der Waals surface area contributed by atoms with Gasteiger partial charge >= 0.3 is 5.76 Å². The lowest BCUT2D eigenvalue weighted by Crippen LogP contribution is -2.14. The maximum Gasteiger partial charge on any atom is 0.420 e. The second-order valence-corrected chi connectivity index (χ2v) is 3.86. The molecule has 0 bridgehead atoms. The number of benzene rings is 1. The fourth-order valence-corrected chi connectivity index (χ4v) is 1.81. The van der Waals surface area contributed by atoms with Crippen molar-refractivity contribution in [1.29, 1.82) is 0 Å². The van der Waals surface area contributed by atoms with Crippen molar-refractivity contribution in [3.63, 3.8) is 0 Å². The van der Waals surface area contributed by atoms with E-state index in [1.807, 2.05) is 25.1 Å². The average molecular weight is 230 g/mol. The number of aromatic nitrogens is 2. The lowest BCUT2D eigenvalue weighted by atomic mass is 10.3. The summed E-state index contributed by atoms with van der Waals surface area (Å²) in [4.78, 5) is 11.7. The standard InChI is InChI=1S/C12H10N2O3/c1-8-6-9(17-13-8)7-14-10-4-2-3-5-11(10)16-12(14)15/h2-6H,7H2,1H3. The number of hydrogen-bond acceptors (Lipinski definition) is 4. The van der Waals surface area contributed by atoms with Crippen molar-refractivity contribution in [2.75, 3.05) is 0 Å². The van der Waals surface area contributed by atoms with Crippen molar-refractivity contribution in [2.45, 2.75) is 13.5 Å². The van der Waals surface area contributed by atoms with Gasteiger partial charge in [0.1, 0.15) is 0 Å². The second-order valence-electron chi connectivity index (χ2n) is 3.86. The van der Waals surface area contributed by atoms with Crippen molar-refractivity contribution in [2.24, 2.45) is 0 Å². The maximum atomic E-state index is 11.7. The quantitative estimate of drug-likeness (QED) is 0.675. The van der Waals surface area contributed by atoms with E-state index in [0.717, 1.165) is 11.2 Å². The van der Waals surface area contributed by atoms with Gasteiger partial charge in [-0.1, -0.05) is 17.3 Å². The van der Waals surface area contributed by atoms with E-state index in [4.69, 9.17) is 8.94 Å². The van der Waals surface area contributed by atoms with Crippen LogP contribution in [0.5, 0.6) is 0 Å². The lowest BCUT2D eigenvalue weighted by Gasteiger charge is -1.96. The van der Waals surface area contributed by atoms with Gasteiger partial charge in [0.15, 0.2) is 11.3 Å². The number of hydrogen-bond donors (Lipinski definition) is 0. The second kappa shape index (κ2) is 3.62. The van der Waals surface area contributed by atoms with Gasteiger partial charge in [-0.2, -0.15) is 0 Å². The van der Waals surface area contributed by atoms with Gasteiger partial charge < -0.3 is 8.94 Å². The summed E-state index contributed by atoms with van der Waals surface area (Å²) >= 11 is 0. The van der Waals surface area contributed by atoms with Crippen molar-refractivity contribution < 1.29 is 8.94 Å². The highest BCUT2D eigenvalue weighted by Gasteiger charge is 2.10. The highest BCUT2D eigenvalue weighted by atomic mass is 16.5. The molecule has 86 valence electrons. The Morgan fingerprint density at radius 2 is 2.18 bits per heavy atom. The van der Waals surface area contributed by atoms with E-state index in [1.54, 1.807) is 12.1 Å². The minimum atomic E-state index is -0.389. The summed E-state index contributed by atoms with van der Waals surface area (Å²) in [5.41, 5.74) is 2.13. The average Bonchev–Trinajstić information content (AvgIpc) is 2.85. The molecule has 0 aliphatic carbocycles. The van der Waals surface area contributed by atoms with Crippen molar-refractivity contribution in [1.82, 2.24) is 9.72 Å². The third-order valence-corrected chi connectivity index (χ3v) is 2.56. The minimum Gasteiger partial charge on any atom is -0.408 e. The predicted molar refractivity (Wildman–Crippen MR) is 60.8 cm³/mol. The van der Waals surface area contributed by atoms with Gasteiger partial charge in [-0.25, -0.2) is 4.79 Å². The molecule has 0 aliphatic rings. The Morgan fingerprint density at radius 1 is 1.35 bits per heavy atom. The molecule has 0 unspecified atom stereocenters. The minimum absolute atomic E-state index is 0.330. The Hall–Kier alpha value is -2.30. The Bertz CT molecular complexity index is 721. The van der Waals surface area contributed by atoms with Gasteiger partial charge in [0.25, 0.3) is 0 Å².